The van der Waals surface area contributed by atoms with Gasteiger partial charge in [-0.05, 0) is 38.1 Å². The molecule has 4 heterocycles. The van der Waals surface area contributed by atoms with Gasteiger partial charge in [0, 0.05) is 35.4 Å². The van der Waals surface area contributed by atoms with Gasteiger partial charge >= 0.3 is 0 Å². The molecule has 5 aromatic rings. The van der Waals surface area contributed by atoms with Gasteiger partial charge in [0.05, 0.1) is 48.2 Å². The number of nitrogens with one attached hydrogen (secondary N) is 1. The number of aryl methyl sites for hydroxylation is 2. The number of para-hydroxylation sites is 1. The standard InChI is InChI=1S/C25H23FN6O/c1-15-10-22(18-4-3-5-20(26)24(18)29-15)32-16(2)30-25-19(21-13-27-14-28-21)11-17(12-23(25)32)31-6-8-33-9-7-31/h3-5,10-14H,6-9H2,1-2H3,(H,27,28). The lowest BCUT2D eigenvalue weighted by atomic mass is 10.1. The smallest absolute Gasteiger partial charge is 0.149 e. The Hall–Kier alpha value is -3.78. The zero-order chi connectivity index (χ0) is 22.5. The summed E-state index contributed by atoms with van der Waals surface area (Å²) in [4.78, 5) is 19.2. The lowest BCUT2D eigenvalue weighted by molar-refractivity contribution is 0.122. The van der Waals surface area contributed by atoms with E-state index in [9.17, 15) is 4.39 Å². The number of hydrogen-bond donors (Lipinski definition) is 1. The molecule has 1 saturated heterocycles. The molecule has 2 aromatic carbocycles. The predicted octanol–water partition coefficient (Wildman–Crippen LogP) is 4.56. The molecular formula is C25H23FN6O. The van der Waals surface area contributed by atoms with Crippen LogP contribution in [0.25, 0.3) is 38.9 Å². The highest BCUT2D eigenvalue weighted by molar-refractivity contribution is 5.98. The van der Waals surface area contributed by atoms with Gasteiger partial charge in [-0.25, -0.2) is 19.3 Å². The Morgan fingerprint density at radius 2 is 1.88 bits per heavy atom. The molecule has 0 bridgehead atoms. The number of rotatable bonds is 3. The average molecular weight is 442 g/mol. The summed E-state index contributed by atoms with van der Waals surface area (Å²) >= 11 is 0. The van der Waals surface area contributed by atoms with Crippen LogP contribution < -0.4 is 4.90 Å². The van der Waals surface area contributed by atoms with E-state index in [1.165, 1.54) is 6.07 Å². The SMILES string of the molecule is Cc1cc(-n2c(C)nc3c(-c4cnc[nH]4)cc(N4CCOCC4)cc32)c2cccc(F)c2n1. The number of aromatic nitrogens is 5. The van der Waals surface area contributed by atoms with Crippen LogP contribution in [-0.4, -0.2) is 50.8 Å². The molecule has 3 aromatic heterocycles. The number of benzene rings is 2. The van der Waals surface area contributed by atoms with E-state index in [-0.39, 0.29) is 5.82 Å². The van der Waals surface area contributed by atoms with Gasteiger partial charge in [-0.15, -0.1) is 0 Å². The van der Waals surface area contributed by atoms with Crippen molar-refractivity contribution in [2.75, 3.05) is 31.2 Å². The number of anilines is 1. The van der Waals surface area contributed by atoms with Gasteiger partial charge in [-0.3, -0.25) is 4.57 Å². The summed E-state index contributed by atoms with van der Waals surface area (Å²) in [7, 11) is 0. The van der Waals surface area contributed by atoms with Gasteiger partial charge in [-0.1, -0.05) is 12.1 Å². The van der Waals surface area contributed by atoms with Crippen molar-refractivity contribution in [1.82, 2.24) is 24.5 Å². The minimum Gasteiger partial charge on any atom is -0.378 e. The van der Waals surface area contributed by atoms with Crippen molar-refractivity contribution in [3.8, 4) is 16.9 Å². The molecule has 6 rings (SSSR count). The molecule has 0 radical (unpaired) electrons. The highest BCUT2D eigenvalue weighted by Crippen LogP contribution is 2.36. The minimum absolute atomic E-state index is 0.327. The second-order valence-corrected chi connectivity index (χ2v) is 8.34. The fraction of sp³-hybridized carbons (Fsp3) is 0.240. The van der Waals surface area contributed by atoms with E-state index in [1.807, 2.05) is 32.2 Å². The summed E-state index contributed by atoms with van der Waals surface area (Å²) < 4.78 is 22.3. The number of imidazole rings is 2. The Kier molecular flexibility index (Phi) is 4.62. The molecule has 166 valence electrons. The first-order chi connectivity index (χ1) is 16.1. The predicted molar refractivity (Wildman–Crippen MR) is 126 cm³/mol. The Bertz CT molecular complexity index is 1480. The average Bonchev–Trinajstić information content (AvgIpc) is 3.47. The molecule has 0 unspecified atom stereocenters. The number of fused-ring (bicyclic) bond motifs is 2. The van der Waals surface area contributed by atoms with Gasteiger partial charge in [0.1, 0.15) is 17.2 Å². The highest BCUT2D eigenvalue weighted by atomic mass is 19.1. The Morgan fingerprint density at radius 1 is 1.03 bits per heavy atom. The second-order valence-electron chi connectivity index (χ2n) is 8.34. The Labute approximate surface area is 189 Å². The quantitative estimate of drug-likeness (QED) is 0.444. The summed E-state index contributed by atoms with van der Waals surface area (Å²) in [6.45, 7) is 6.91. The largest absolute Gasteiger partial charge is 0.378 e. The van der Waals surface area contributed by atoms with E-state index in [0.29, 0.717) is 18.7 Å². The van der Waals surface area contributed by atoms with Crippen LogP contribution in [0.4, 0.5) is 10.1 Å². The second kappa shape index (κ2) is 7.67. The maximum Gasteiger partial charge on any atom is 0.149 e. The Morgan fingerprint density at radius 3 is 2.67 bits per heavy atom. The lowest BCUT2D eigenvalue weighted by Gasteiger charge is -2.29. The summed E-state index contributed by atoms with van der Waals surface area (Å²) in [5.74, 6) is 0.493. The number of aromatic amines is 1. The van der Waals surface area contributed by atoms with Crippen LogP contribution >= 0.6 is 0 Å². The number of pyridine rings is 1. The van der Waals surface area contributed by atoms with E-state index in [2.05, 4.69) is 36.6 Å². The van der Waals surface area contributed by atoms with Crippen molar-refractivity contribution in [3.05, 3.63) is 66.3 Å². The number of nitrogens with zero attached hydrogens (tertiary/aromatic N) is 5. The molecule has 0 aliphatic carbocycles. The zero-order valence-electron chi connectivity index (χ0n) is 18.5. The van der Waals surface area contributed by atoms with Crippen LogP contribution in [0.2, 0.25) is 0 Å². The molecule has 0 atom stereocenters. The van der Waals surface area contributed by atoms with Crippen LogP contribution in [0.15, 0.2) is 48.9 Å². The lowest BCUT2D eigenvalue weighted by Crippen LogP contribution is -2.36. The highest BCUT2D eigenvalue weighted by Gasteiger charge is 2.21. The first kappa shape index (κ1) is 19.9. The van der Waals surface area contributed by atoms with Gasteiger partial charge in [0.2, 0.25) is 0 Å². The topological polar surface area (TPSA) is 71.9 Å². The minimum atomic E-state index is -0.327. The van der Waals surface area contributed by atoms with Gasteiger partial charge < -0.3 is 14.6 Å². The van der Waals surface area contributed by atoms with Crippen molar-refractivity contribution in [3.63, 3.8) is 0 Å². The maximum atomic E-state index is 14.6. The fourth-order valence-corrected chi connectivity index (χ4v) is 4.70. The van der Waals surface area contributed by atoms with Crippen LogP contribution in [0.3, 0.4) is 0 Å². The summed E-state index contributed by atoms with van der Waals surface area (Å²) in [5.41, 5.74) is 6.79. The van der Waals surface area contributed by atoms with Gasteiger partial charge in [0.15, 0.2) is 0 Å². The fourth-order valence-electron chi connectivity index (χ4n) is 4.70. The van der Waals surface area contributed by atoms with Gasteiger partial charge in [-0.2, -0.15) is 0 Å². The molecule has 33 heavy (non-hydrogen) atoms. The van der Waals surface area contributed by atoms with Crippen LogP contribution in [0.5, 0.6) is 0 Å². The van der Waals surface area contributed by atoms with E-state index in [1.54, 1.807) is 12.4 Å². The van der Waals surface area contributed by atoms with E-state index < -0.39 is 0 Å². The van der Waals surface area contributed by atoms with Crippen molar-refractivity contribution in [2.45, 2.75) is 13.8 Å². The summed E-state index contributed by atoms with van der Waals surface area (Å²) in [5, 5.41) is 0.753. The molecule has 1 N–H and O–H groups in total. The van der Waals surface area contributed by atoms with Crippen LogP contribution in [-0.2, 0) is 4.74 Å². The molecule has 1 aliphatic rings. The summed E-state index contributed by atoms with van der Waals surface area (Å²) in [6, 6.07) is 11.4. The first-order valence-electron chi connectivity index (χ1n) is 11.0. The normalized spacial score (nSPS) is 14.5. The maximum absolute atomic E-state index is 14.6. The zero-order valence-corrected chi connectivity index (χ0v) is 18.5. The van der Waals surface area contributed by atoms with Gasteiger partial charge in [0.25, 0.3) is 0 Å². The van der Waals surface area contributed by atoms with Crippen molar-refractivity contribution in [2.24, 2.45) is 0 Å². The molecule has 1 aliphatic heterocycles. The molecule has 7 nitrogen and oxygen atoms in total. The molecule has 0 spiro atoms. The Balaban J connectivity index is 1.68. The van der Waals surface area contributed by atoms with Crippen molar-refractivity contribution < 1.29 is 9.13 Å². The molecule has 0 amide bonds. The number of morpholine rings is 1. The number of H-pyrrole nitrogens is 1. The molecule has 1 fully saturated rings. The van der Waals surface area contributed by atoms with Crippen LogP contribution in [0.1, 0.15) is 11.5 Å². The third-order valence-corrected chi connectivity index (χ3v) is 6.21. The molecular weight excluding hydrogens is 419 g/mol. The summed E-state index contributed by atoms with van der Waals surface area (Å²) in [6.07, 6.45) is 3.49. The molecule has 8 heteroatoms. The van der Waals surface area contributed by atoms with E-state index in [0.717, 1.165) is 63.7 Å². The monoisotopic (exact) mass is 442 g/mol. The number of halogens is 1. The third kappa shape index (κ3) is 3.25. The number of hydrogen-bond acceptors (Lipinski definition) is 5. The van der Waals surface area contributed by atoms with Crippen molar-refractivity contribution >= 4 is 27.6 Å². The first-order valence-corrected chi connectivity index (χ1v) is 11.0. The van der Waals surface area contributed by atoms with E-state index >= 15 is 0 Å². The van der Waals surface area contributed by atoms with Crippen LogP contribution in [0, 0.1) is 19.7 Å². The number of ether oxygens (including phenoxy) is 1. The third-order valence-electron chi connectivity index (χ3n) is 6.21. The molecule has 0 saturated carbocycles. The van der Waals surface area contributed by atoms with Crippen molar-refractivity contribution in [1.29, 1.82) is 0 Å². The van der Waals surface area contributed by atoms with E-state index in [4.69, 9.17) is 9.72 Å².